The van der Waals surface area contributed by atoms with E-state index in [9.17, 15) is 4.79 Å². The molecular formula is C37H80N2O4. The van der Waals surface area contributed by atoms with Gasteiger partial charge in [0.1, 0.15) is 0 Å². The zero-order valence-corrected chi connectivity index (χ0v) is 31.5. The second kappa shape index (κ2) is 63.7. The normalized spacial score (nSPS) is 8.77. The van der Waals surface area contributed by atoms with Crippen LogP contribution in [0.5, 0.6) is 0 Å². The van der Waals surface area contributed by atoms with Crippen LogP contribution in [0.25, 0.3) is 0 Å². The molecular weight excluding hydrogens is 536 g/mol. The van der Waals surface area contributed by atoms with Crippen molar-refractivity contribution in [2.75, 3.05) is 59.2 Å². The van der Waals surface area contributed by atoms with Crippen LogP contribution in [-0.2, 0) is 25.4 Å². The van der Waals surface area contributed by atoms with Crippen LogP contribution in [0.15, 0.2) is 30.3 Å². The zero-order chi connectivity index (χ0) is 34.2. The summed E-state index contributed by atoms with van der Waals surface area (Å²) < 4.78 is 14.6. The molecule has 2 N–H and O–H groups in total. The first kappa shape index (κ1) is 54.0. The molecule has 0 atom stereocenters. The number of esters is 1. The minimum atomic E-state index is -0.0880. The Kier molecular flexibility index (Phi) is 80.1. The van der Waals surface area contributed by atoms with E-state index in [1.807, 2.05) is 33.8 Å². The second-order valence-corrected chi connectivity index (χ2v) is 9.20. The number of rotatable bonds is 16. The zero-order valence-electron chi connectivity index (χ0n) is 31.5. The van der Waals surface area contributed by atoms with Crippen molar-refractivity contribution in [1.82, 2.24) is 10.6 Å². The third kappa shape index (κ3) is 85.5. The summed E-state index contributed by atoms with van der Waals surface area (Å²) in [6.07, 6.45) is 8.59. The maximum atomic E-state index is 10.4. The van der Waals surface area contributed by atoms with E-state index in [-0.39, 0.29) is 5.97 Å². The average molecular weight is 617 g/mol. The van der Waals surface area contributed by atoms with Crippen LogP contribution < -0.4 is 10.6 Å². The Labute approximate surface area is 271 Å². The van der Waals surface area contributed by atoms with E-state index in [0.717, 1.165) is 65.2 Å². The standard InChI is InChI=1S/C8H10.C6H15N.C6H12O2.C6H14O.C4H11N.C4H10O.C3H8/c1-2-8-6-4-3-5-7-8;1-3-5-7-6-4-2;1-3-5-6(7)8-4-2;1-3-5-7-6-4-2;2*1-3-5-4-2;1-3-2/h3-7H,2H2,1H3;7H,3-6H2,1-2H3;3-5H2,1-2H3;3-6H2,1-2H3;5H,3-4H2,1-2H3;3-4H2,1-2H3;3H2,1-2H3. The smallest absolute Gasteiger partial charge is 0.305 e. The van der Waals surface area contributed by atoms with Gasteiger partial charge in [-0.05, 0) is 91.0 Å². The summed E-state index contributed by atoms with van der Waals surface area (Å²) in [4.78, 5) is 10.4. The maximum absolute atomic E-state index is 10.4. The summed E-state index contributed by atoms with van der Waals surface area (Å²) in [5, 5.41) is 6.40. The number of carbonyl (C=O) groups excluding carboxylic acids is 1. The summed E-state index contributed by atoms with van der Waals surface area (Å²) in [7, 11) is 0. The molecule has 0 heterocycles. The van der Waals surface area contributed by atoms with Crippen molar-refractivity contribution in [2.45, 2.75) is 141 Å². The molecule has 0 aliphatic carbocycles. The van der Waals surface area contributed by atoms with Crippen molar-refractivity contribution < 1.29 is 19.0 Å². The molecule has 0 saturated heterocycles. The Hall–Kier alpha value is -1.47. The molecule has 0 radical (unpaired) electrons. The van der Waals surface area contributed by atoms with Gasteiger partial charge in [-0.25, -0.2) is 0 Å². The van der Waals surface area contributed by atoms with Gasteiger partial charge in [0, 0.05) is 32.8 Å². The lowest BCUT2D eigenvalue weighted by molar-refractivity contribution is -0.143. The molecule has 0 spiro atoms. The number of carbonyl (C=O) groups is 1. The SMILES string of the molecule is CCC.CCCC(=O)OCC.CCCNCCC.CCCOCCC.CCNCC.CCOCC.CCc1ccccc1. The Morgan fingerprint density at radius 2 is 1.05 bits per heavy atom. The maximum Gasteiger partial charge on any atom is 0.305 e. The third-order valence-electron chi connectivity index (χ3n) is 4.47. The molecule has 0 saturated carbocycles. The fourth-order valence-electron chi connectivity index (χ4n) is 2.47. The Balaban J connectivity index is -0.0000000946. The van der Waals surface area contributed by atoms with Crippen LogP contribution in [0.2, 0.25) is 0 Å². The van der Waals surface area contributed by atoms with Crippen molar-refractivity contribution >= 4 is 5.97 Å². The molecule has 0 fully saturated rings. The van der Waals surface area contributed by atoms with Gasteiger partial charge in [-0.2, -0.15) is 0 Å². The predicted octanol–water partition coefficient (Wildman–Crippen LogP) is 9.89. The molecule has 0 unspecified atom stereocenters. The van der Waals surface area contributed by atoms with E-state index in [0.29, 0.717) is 13.0 Å². The minimum absolute atomic E-state index is 0.0880. The van der Waals surface area contributed by atoms with Crippen molar-refractivity contribution in [3.63, 3.8) is 0 Å². The largest absolute Gasteiger partial charge is 0.466 e. The van der Waals surface area contributed by atoms with Gasteiger partial charge in [0.15, 0.2) is 0 Å². The predicted molar refractivity (Wildman–Crippen MR) is 195 cm³/mol. The number of aryl methyl sites for hydroxylation is 1. The van der Waals surface area contributed by atoms with Gasteiger partial charge in [-0.3, -0.25) is 4.79 Å². The first-order chi connectivity index (χ1) is 20.8. The highest BCUT2D eigenvalue weighted by molar-refractivity contribution is 5.69. The van der Waals surface area contributed by atoms with Crippen LogP contribution in [-0.4, -0.2) is 65.2 Å². The molecule has 0 amide bonds. The van der Waals surface area contributed by atoms with Crippen LogP contribution in [0.1, 0.15) is 141 Å². The minimum Gasteiger partial charge on any atom is -0.466 e. The third-order valence-corrected chi connectivity index (χ3v) is 4.47. The molecule has 0 aliphatic rings. The molecule has 1 aromatic carbocycles. The number of benzene rings is 1. The fraction of sp³-hybridized carbons (Fsp3) is 0.811. The number of hydrogen-bond donors (Lipinski definition) is 2. The highest BCUT2D eigenvalue weighted by Crippen LogP contribution is 1.96. The van der Waals surface area contributed by atoms with Crippen molar-refractivity contribution in [3.05, 3.63) is 35.9 Å². The molecule has 6 nitrogen and oxygen atoms in total. The monoisotopic (exact) mass is 617 g/mol. The van der Waals surface area contributed by atoms with Crippen molar-refractivity contribution in [1.29, 1.82) is 0 Å². The lowest BCUT2D eigenvalue weighted by Crippen LogP contribution is -2.14. The summed E-state index contributed by atoms with van der Waals surface area (Å²) in [6.45, 7) is 35.5. The van der Waals surface area contributed by atoms with E-state index in [2.05, 4.69) is 102 Å². The highest BCUT2D eigenvalue weighted by Gasteiger charge is 1.95. The van der Waals surface area contributed by atoms with Crippen LogP contribution in [0.3, 0.4) is 0 Å². The van der Waals surface area contributed by atoms with E-state index < -0.39 is 0 Å². The molecule has 1 rings (SSSR count). The first-order valence-corrected chi connectivity index (χ1v) is 17.6. The van der Waals surface area contributed by atoms with Gasteiger partial charge < -0.3 is 24.8 Å². The second-order valence-electron chi connectivity index (χ2n) is 9.20. The van der Waals surface area contributed by atoms with Gasteiger partial charge in [0.25, 0.3) is 0 Å². The van der Waals surface area contributed by atoms with E-state index in [1.54, 1.807) is 0 Å². The molecule has 0 aliphatic heterocycles. The van der Waals surface area contributed by atoms with E-state index in [1.165, 1.54) is 37.9 Å². The summed E-state index contributed by atoms with van der Waals surface area (Å²) in [5.41, 5.74) is 1.41. The van der Waals surface area contributed by atoms with Crippen LogP contribution in [0, 0.1) is 0 Å². The van der Waals surface area contributed by atoms with Crippen LogP contribution >= 0.6 is 0 Å². The van der Waals surface area contributed by atoms with E-state index >= 15 is 0 Å². The highest BCUT2D eigenvalue weighted by atomic mass is 16.5. The van der Waals surface area contributed by atoms with E-state index in [4.69, 9.17) is 9.47 Å². The fourth-order valence-corrected chi connectivity index (χ4v) is 2.47. The lowest BCUT2D eigenvalue weighted by Gasteiger charge is -1.96. The number of ether oxygens (including phenoxy) is 3. The molecule has 43 heavy (non-hydrogen) atoms. The molecule has 6 heteroatoms. The summed E-state index contributed by atoms with van der Waals surface area (Å²) >= 11 is 0. The first-order valence-electron chi connectivity index (χ1n) is 17.6. The molecule has 262 valence electrons. The Morgan fingerprint density at radius 3 is 1.28 bits per heavy atom. The molecule has 1 aromatic rings. The summed E-state index contributed by atoms with van der Waals surface area (Å²) in [5.74, 6) is -0.0880. The Bertz CT molecular complexity index is 481. The van der Waals surface area contributed by atoms with Gasteiger partial charge in [-0.15, -0.1) is 0 Å². The average Bonchev–Trinajstić information content (AvgIpc) is 3.01. The topological polar surface area (TPSA) is 68.8 Å². The lowest BCUT2D eigenvalue weighted by atomic mass is 10.2. The van der Waals surface area contributed by atoms with Gasteiger partial charge >= 0.3 is 5.97 Å². The Morgan fingerprint density at radius 1 is 0.581 bits per heavy atom. The van der Waals surface area contributed by atoms with Crippen molar-refractivity contribution in [3.8, 4) is 0 Å². The quantitative estimate of drug-likeness (QED) is 0.142. The van der Waals surface area contributed by atoms with Gasteiger partial charge in [-0.1, -0.05) is 106 Å². The summed E-state index contributed by atoms with van der Waals surface area (Å²) in [6, 6.07) is 10.5. The molecule has 0 bridgehead atoms. The number of hydrogen-bond acceptors (Lipinski definition) is 6. The molecule has 0 aromatic heterocycles. The van der Waals surface area contributed by atoms with Crippen molar-refractivity contribution in [2.24, 2.45) is 0 Å². The van der Waals surface area contributed by atoms with Crippen LogP contribution in [0.4, 0.5) is 0 Å². The number of nitrogens with one attached hydrogen (secondary N) is 2. The van der Waals surface area contributed by atoms with Gasteiger partial charge in [0.2, 0.25) is 0 Å². The van der Waals surface area contributed by atoms with Gasteiger partial charge in [0.05, 0.1) is 6.61 Å².